The number of rotatable bonds is 7. The number of carbonyl (C=O) groups excluding carboxylic acids is 1. The molecule has 0 unspecified atom stereocenters. The Morgan fingerprint density at radius 1 is 1.47 bits per heavy atom. The Morgan fingerprint density at radius 2 is 2.24 bits per heavy atom. The number of hydrogen-bond acceptors (Lipinski definition) is 4. The summed E-state index contributed by atoms with van der Waals surface area (Å²) in [6.45, 7) is 1.53. The molecule has 0 bridgehead atoms. The van der Waals surface area contributed by atoms with E-state index in [2.05, 4.69) is 15.9 Å². The molecule has 4 nitrogen and oxygen atoms in total. The van der Waals surface area contributed by atoms with Gasteiger partial charge in [0.05, 0.1) is 25.5 Å². The lowest BCUT2D eigenvalue weighted by atomic mass is 10.2. The van der Waals surface area contributed by atoms with Crippen LogP contribution in [0.25, 0.3) is 0 Å². The van der Waals surface area contributed by atoms with E-state index < -0.39 is 0 Å². The first-order chi connectivity index (χ1) is 8.20. The predicted molar refractivity (Wildman–Crippen MR) is 70.7 cm³/mol. The van der Waals surface area contributed by atoms with Gasteiger partial charge >= 0.3 is 0 Å². The molecule has 5 heteroatoms. The van der Waals surface area contributed by atoms with Crippen molar-refractivity contribution in [2.45, 2.75) is 0 Å². The molecule has 1 rings (SSSR count). The highest BCUT2D eigenvalue weighted by molar-refractivity contribution is 9.10. The number of nitrogens with zero attached hydrogens (tertiary/aromatic N) is 1. The summed E-state index contributed by atoms with van der Waals surface area (Å²) < 4.78 is 6.07. The highest BCUT2D eigenvalue weighted by atomic mass is 79.9. The SMILES string of the molecule is CN(CCOCCO)c1c(Br)cccc1C=O. The van der Waals surface area contributed by atoms with E-state index in [0.29, 0.717) is 25.3 Å². The van der Waals surface area contributed by atoms with E-state index in [0.717, 1.165) is 16.4 Å². The third-order valence-electron chi connectivity index (χ3n) is 2.33. The summed E-state index contributed by atoms with van der Waals surface area (Å²) in [5, 5.41) is 8.58. The van der Waals surface area contributed by atoms with Crippen LogP contribution in [0.2, 0.25) is 0 Å². The van der Waals surface area contributed by atoms with Gasteiger partial charge in [-0.25, -0.2) is 0 Å². The molecule has 0 spiro atoms. The molecule has 0 aliphatic heterocycles. The summed E-state index contributed by atoms with van der Waals surface area (Å²) in [6, 6.07) is 5.50. The van der Waals surface area contributed by atoms with E-state index in [-0.39, 0.29) is 6.61 Å². The molecule has 0 saturated heterocycles. The van der Waals surface area contributed by atoms with E-state index in [4.69, 9.17) is 9.84 Å². The van der Waals surface area contributed by atoms with Crippen molar-refractivity contribution < 1.29 is 14.6 Å². The molecular formula is C12H16BrNO3. The number of para-hydroxylation sites is 1. The maximum atomic E-state index is 10.9. The van der Waals surface area contributed by atoms with E-state index in [1.807, 2.05) is 24.1 Å². The predicted octanol–water partition coefficient (Wildman–Crippen LogP) is 1.71. The zero-order valence-electron chi connectivity index (χ0n) is 9.73. The summed E-state index contributed by atoms with van der Waals surface area (Å²) in [5.41, 5.74) is 1.50. The minimum absolute atomic E-state index is 0.0261. The van der Waals surface area contributed by atoms with Crippen LogP contribution in [0.3, 0.4) is 0 Å². The number of ether oxygens (including phenoxy) is 1. The largest absolute Gasteiger partial charge is 0.394 e. The second-order valence-electron chi connectivity index (χ2n) is 3.55. The quantitative estimate of drug-likeness (QED) is 0.615. The van der Waals surface area contributed by atoms with Gasteiger partial charge in [0.25, 0.3) is 0 Å². The minimum atomic E-state index is 0.0261. The van der Waals surface area contributed by atoms with Gasteiger partial charge in [-0.05, 0) is 28.1 Å². The Kier molecular flexibility index (Phi) is 6.18. The molecule has 1 N–H and O–H groups in total. The maximum Gasteiger partial charge on any atom is 0.152 e. The number of hydrogen-bond donors (Lipinski definition) is 1. The Hall–Kier alpha value is -0.910. The molecule has 0 saturated carbocycles. The zero-order chi connectivity index (χ0) is 12.7. The number of aldehydes is 1. The Bertz CT molecular complexity index is 371. The van der Waals surface area contributed by atoms with Crippen LogP contribution in [0.1, 0.15) is 10.4 Å². The number of benzene rings is 1. The number of carbonyl (C=O) groups is 1. The van der Waals surface area contributed by atoms with Crippen LogP contribution in [0.4, 0.5) is 5.69 Å². The standard InChI is InChI=1S/C12H16BrNO3/c1-14(5-7-17-8-6-15)12-10(9-16)3-2-4-11(12)13/h2-4,9,15H,5-8H2,1H3. The van der Waals surface area contributed by atoms with Crippen molar-refractivity contribution in [3.63, 3.8) is 0 Å². The molecule has 1 aromatic rings. The molecule has 94 valence electrons. The highest BCUT2D eigenvalue weighted by Crippen LogP contribution is 2.28. The summed E-state index contributed by atoms with van der Waals surface area (Å²) in [5.74, 6) is 0. The zero-order valence-corrected chi connectivity index (χ0v) is 11.3. The molecular weight excluding hydrogens is 286 g/mol. The number of halogens is 1. The Labute approximate surface area is 109 Å². The fourth-order valence-electron chi connectivity index (χ4n) is 1.51. The van der Waals surface area contributed by atoms with Crippen molar-refractivity contribution >= 4 is 27.9 Å². The van der Waals surface area contributed by atoms with Gasteiger partial charge < -0.3 is 14.7 Å². The summed E-state index contributed by atoms with van der Waals surface area (Å²) >= 11 is 3.43. The van der Waals surface area contributed by atoms with Crippen molar-refractivity contribution in [2.75, 3.05) is 38.3 Å². The molecule has 0 radical (unpaired) electrons. The fourth-order valence-corrected chi connectivity index (χ4v) is 2.19. The summed E-state index contributed by atoms with van der Waals surface area (Å²) in [4.78, 5) is 12.9. The monoisotopic (exact) mass is 301 g/mol. The van der Waals surface area contributed by atoms with Gasteiger partial charge in [0.15, 0.2) is 6.29 Å². The average Bonchev–Trinajstić information content (AvgIpc) is 2.34. The Balaban J connectivity index is 2.67. The topological polar surface area (TPSA) is 49.8 Å². The second kappa shape index (κ2) is 7.42. The fraction of sp³-hybridized carbons (Fsp3) is 0.417. The van der Waals surface area contributed by atoms with Crippen LogP contribution in [-0.2, 0) is 4.74 Å². The molecule has 0 heterocycles. The van der Waals surface area contributed by atoms with Crippen LogP contribution in [0.5, 0.6) is 0 Å². The molecule has 0 aliphatic carbocycles. The van der Waals surface area contributed by atoms with Crippen molar-refractivity contribution in [1.29, 1.82) is 0 Å². The summed E-state index contributed by atoms with van der Waals surface area (Å²) in [7, 11) is 1.90. The van der Waals surface area contributed by atoms with Crippen molar-refractivity contribution in [1.82, 2.24) is 0 Å². The van der Waals surface area contributed by atoms with Crippen molar-refractivity contribution in [2.24, 2.45) is 0 Å². The minimum Gasteiger partial charge on any atom is -0.394 e. The van der Waals surface area contributed by atoms with E-state index >= 15 is 0 Å². The smallest absolute Gasteiger partial charge is 0.152 e. The summed E-state index contributed by atoms with van der Waals surface area (Å²) in [6.07, 6.45) is 0.838. The lowest BCUT2D eigenvalue weighted by Gasteiger charge is -2.22. The van der Waals surface area contributed by atoms with Crippen LogP contribution in [0, 0.1) is 0 Å². The molecule has 0 aliphatic rings. The van der Waals surface area contributed by atoms with E-state index in [1.165, 1.54) is 0 Å². The van der Waals surface area contributed by atoms with Gasteiger partial charge in [0.2, 0.25) is 0 Å². The van der Waals surface area contributed by atoms with Crippen molar-refractivity contribution in [3.8, 4) is 0 Å². The number of likely N-dealkylation sites (N-methyl/N-ethyl adjacent to an activating group) is 1. The normalized spacial score (nSPS) is 10.3. The molecule has 17 heavy (non-hydrogen) atoms. The molecule has 0 atom stereocenters. The average molecular weight is 302 g/mol. The Morgan fingerprint density at radius 3 is 2.88 bits per heavy atom. The molecule has 0 aromatic heterocycles. The van der Waals surface area contributed by atoms with E-state index in [9.17, 15) is 4.79 Å². The molecule has 1 aromatic carbocycles. The van der Waals surface area contributed by atoms with Gasteiger partial charge in [0, 0.05) is 23.6 Å². The lowest BCUT2D eigenvalue weighted by molar-refractivity contribution is 0.0970. The lowest BCUT2D eigenvalue weighted by Crippen LogP contribution is -2.24. The first-order valence-corrected chi connectivity index (χ1v) is 6.13. The number of anilines is 1. The van der Waals surface area contributed by atoms with E-state index in [1.54, 1.807) is 6.07 Å². The van der Waals surface area contributed by atoms with Crippen LogP contribution in [0.15, 0.2) is 22.7 Å². The number of aliphatic hydroxyl groups is 1. The first kappa shape index (κ1) is 14.2. The molecule has 0 fully saturated rings. The van der Waals surface area contributed by atoms with Crippen LogP contribution < -0.4 is 4.90 Å². The van der Waals surface area contributed by atoms with Gasteiger partial charge in [-0.1, -0.05) is 6.07 Å². The van der Waals surface area contributed by atoms with Crippen LogP contribution in [-0.4, -0.2) is 44.8 Å². The highest BCUT2D eigenvalue weighted by Gasteiger charge is 2.10. The van der Waals surface area contributed by atoms with Crippen LogP contribution >= 0.6 is 15.9 Å². The van der Waals surface area contributed by atoms with Crippen molar-refractivity contribution in [3.05, 3.63) is 28.2 Å². The number of aliphatic hydroxyl groups excluding tert-OH is 1. The van der Waals surface area contributed by atoms with Gasteiger partial charge in [-0.2, -0.15) is 0 Å². The van der Waals surface area contributed by atoms with Gasteiger partial charge in [-0.3, -0.25) is 4.79 Å². The maximum absolute atomic E-state index is 10.9. The third-order valence-corrected chi connectivity index (χ3v) is 2.97. The molecule has 0 amide bonds. The second-order valence-corrected chi connectivity index (χ2v) is 4.41. The van der Waals surface area contributed by atoms with Gasteiger partial charge in [-0.15, -0.1) is 0 Å². The van der Waals surface area contributed by atoms with Gasteiger partial charge in [0.1, 0.15) is 0 Å². The first-order valence-electron chi connectivity index (χ1n) is 5.34. The third kappa shape index (κ3) is 4.11.